The number of para-hydroxylation sites is 1. The van der Waals surface area contributed by atoms with Crippen LogP contribution in [0, 0.1) is 0 Å². The summed E-state index contributed by atoms with van der Waals surface area (Å²) in [5.74, 6) is 1.53. The van der Waals surface area contributed by atoms with Crippen molar-refractivity contribution in [3.63, 3.8) is 0 Å². The molecule has 148 valence electrons. The molecule has 0 aliphatic carbocycles. The van der Waals surface area contributed by atoms with E-state index in [1.54, 1.807) is 0 Å². The third kappa shape index (κ3) is 4.74. The van der Waals surface area contributed by atoms with Gasteiger partial charge in [-0.05, 0) is 41.0 Å². The Bertz CT molecular complexity index is 1130. The second kappa shape index (κ2) is 9.63. The van der Waals surface area contributed by atoms with Crippen LogP contribution in [0.4, 0.5) is 0 Å². The van der Waals surface area contributed by atoms with Crippen LogP contribution < -0.4 is 9.05 Å². The summed E-state index contributed by atoms with van der Waals surface area (Å²) < 4.78 is 11.3. The van der Waals surface area contributed by atoms with Crippen LogP contribution in [0.3, 0.4) is 0 Å². The molecule has 0 aliphatic rings. The normalized spacial score (nSPS) is 10.8. The van der Waals surface area contributed by atoms with E-state index in [1.165, 1.54) is 0 Å². The summed E-state index contributed by atoms with van der Waals surface area (Å²) in [6.07, 6.45) is 0. The molecule has 1 atom stereocenters. The zero-order valence-electron chi connectivity index (χ0n) is 16.2. The topological polar surface area (TPSA) is 18.5 Å². The number of hydrogen-bond donors (Lipinski definition) is 0. The van der Waals surface area contributed by atoms with Gasteiger partial charge in [-0.2, -0.15) is 0 Å². The van der Waals surface area contributed by atoms with Crippen LogP contribution in [-0.4, -0.2) is 0 Å². The summed E-state index contributed by atoms with van der Waals surface area (Å²) in [4.78, 5) is 0. The Hall–Kier alpha value is -3.06. The fraction of sp³-hybridized carbons (Fsp3) is 0. The van der Waals surface area contributed by atoms with Crippen molar-refractivity contribution in [3.8, 4) is 22.6 Å². The lowest BCUT2D eigenvalue weighted by Gasteiger charge is -2.13. The number of hydrogen-bond acceptors (Lipinski definition) is 2. The molecule has 0 heterocycles. The summed E-state index contributed by atoms with van der Waals surface area (Å²) in [6, 6.07) is 33.5. The zero-order chi connectivity index (χ0) is 20.8. The van der Waals surface area contributed by atoms with Crippen LogP contribution in [0.15, 0.2) is 110 Å². The summed E-state index contributed by atoms with van der Waals surface area (Å²) in [7, 11) is -0.112. The molecule has 0 radical (unpaired) electrons. The molecule has 2 nitrogen and oxygen atoms in total. The molecule has 0 N–H and O–H groups in total. The Labute approximate surface area is 183 Å². The number of benzene rings is 4. The second-order valence-electron chi connectivity index (χ2n) is 6.64. The SMILES string of the molecule is C=C(c1ccc(OPOc2ccccc2)cc1)c1cccc(-c2ccccc2)c1Cl. The Morgan fingerprint density at radius 3 is 1.93 bits per heavy atom. The van der Waals surface area contributed by atoms with Crippen molar-refractivity contribution >= 4 is 26.2 Å². The van der Waals surface area contributed by atoms with Crippen molar-refractivity contribution in [2.45, 2.75) is 0 Å². The van der Waals surface area contributed by atoms with Crippen molar-refractivity contribution in [2.75, 3.05) is 0 Å². The molecule has 4 rings (SSSR count). The van der Waals surface area contributed by atoms with E-state index in [0.717, 1.165) is 39.3 Å². The van der Waals surface area contributed by atoms with Crippen molar-refractivity contribution in [1.29, 1.82) is 0 Å². The fourth-order valence-corrected chi connectivity index (χ4v) is 3.95. The van der Waals surface area contributed by atoms with Crippen LogP contribution in [0.2, 0.25) is 5.02 Å². The second-order valence-corrected chi connectivity index (χ2v) is 7.59. The molecule has 0 fully saturated rings. The van der Waals surface area contributed by atoms with Gasteiger partial charge in [-0.15, -0.1) is 0 Å². The predicted octanol–water partition coefficient (Wildman–Crippen LogP) is 8.03. The molecule has 0 aromatic heterocycles. The van der Waals surface area contributed by atoms with E-state index in [9.17, 15) is 0 Å². The van der Waals surface area contributed by atoms with Crippen molar-refractivity contribution in [1.82, 2.24) is 0 Å². The third-order valence-electron chi connectivity index (χ3n) is 4.67. The first kappa shape index (κ1) is 20.2. The van der Waals surface area contributed by atoms with Crippen LogP contribution in [0.5, 0.6) is 11.5 Å². The average molecular weight is 431 g/mol. The first-order valence-corrected chi connectivity index (χ1v) is 10.7. The molecule has 0 saturated carbocycles. The predicted molar refractivity (Wildman–Crippen MR) is 127 cm³/mol. The Morgan fingerprint density at radius 1 is 0.667 bits per heavy atom. The summed E-state index contributed by atoms with van der Waals surface area (Å²) in [6.45, 7) is 4.27. The van der Waals surface area contributed by atoms with E-state index in [1.807, 2.05) is 91.0 Å². The lowest BCUT2D eigenvalue weighted by Crippen LogP contribution is -1.91. The van der Waals surface area contributed by atoms with Gasteiger partial charge in [-0.1, -0.05) is 97.0 Å². The number of halogens is 1. The van der Waals surface area contributed by atoms with Crippen molar-refractivity contribution < 1.29 is 9.05 Å². The van der Waals surface area contributed by atoms with Crippen molar-refractivity contribution in [3.05, 3.63) is 126 Å². The average Bonchev–Trinajstić information content (AvgIpc) is 2.80. The first-order chi connectivity index (χ1) is 14.7. The van der Waals surface area contributed by atoms with E-state index in [4.69, 9.17) is 20.6 Å². The largest absolute Gasteiger partial charge is 0.441 e. The fourth-order valence-electron chi connectivity index (χ4n) is 3.09. The highest BCUT2D eigenvalue weighted by atomic mass is 35.5. The molecule has 30 heavy (non-hydrogen) atoms. The van der Waals surface area contributed by atoms with E-state index >= 15 is 0 Å². The minimum atomic E-state index is -0.112. The maximum absolute atomic E-state index is 6.75. The monoisotopic (exact) mass is 430 g/mol. The van der Waals surface area contributed by atoms with E-state index in [-0.39, 0.29) is 9.03 Å². The molecule has 4 aromatic rings. The van der Waals surface area contributed by atoms with E-state index in [2.05, 4.69) is 18.7 Å². The van der Waals surface area contributed by atoms with Gasteiger partial charge < -0.3 is 9.05 Å². The molecule has 1 unspecified atom stereocenters. The van der Waals surface area contributed by atoms with Crippen LogP contribution in [0.25, 0.3) is 16.7 Å². The molecule has 0 bridgehead atoms. The van der Waals surface area contributed by atoms with E-state index in [0.29, 0.717) is 5.02 Å². The van der Waals surface area contributed by atoms with Gasteiger partial charge in [0.2, 0.25) is 0 Å². The minimum absolute atomic E-state index is 0.112. The lowest BCUT2D eigenvalue weighted by molar-refractivity contribution is 0.516. The van der Waals surface area contributed by atoms with Crippen LogP contribution >= 0.6 is 20.6 Å². The van der Waals surface area contributed by atoms with Crippen molar-refractivity contribution in [2.24, 2.45) is 0 Å². The molecule has 4 aromatic carbocycles. The minimum Gasteiger partial charge on any atom is -0.441 e. The molecular weight excluding hydrogens is 411 g/mol. The van der Waals surface area contributed by atoms with Gasteiger partial charge in [0.15, 0.2) is 0 Å². The highest BCUT2D eigenvalue weighted by molar-refractivity contribution is 7.27. The van der Waals surface area contributed by atoms with Gasteiger partial charge >= 0.3 is 0 Å². The molecule has 0 aliphatic heterocycles. The molecule has 0 saturated heterocycles. The maximum Gasteiger partial charge on any atom is 0.275 e. The standard InChI is InChI=1S/C26H20ClO2P/c1-19(24-13-8-14-25(26(24)27)21-9-4-2-5-10-21)20-15-17-23(18-16-20)29-30-28-22-11-6-3-7-12-22/h2-18,30H,1H2. The van der Waals surface area contributed by atoms with E-state index < -0.39 is 0 Å². The van der Waals surface area contributed by atoms with Gasteiger partial charge in [0.05, 0.1) is 5.02 Å². The highest BCUT2D eigenvalue weighted by Crippen LogP contribution is 2.36. The lowest BCUT2D eigenvalue weighted by atomic mass is 9.95. The van der Waals surface area contributed by atoms with Gasteiger partial charge in [0.25, 0.3) is 9.03 Å². The summed E-state index contributed by atoms with van der Waals surface area (Å²) in [5.41, 5.74) is 4.85. The Balaban J connectivity index is 1.46. The molecule has 0 amide bonds. The first-order valence-electron chi connectivity index (χ1n) is 9.50. The summed E-state index contributed by atoms with van der Waals surface area (Å²) in [5, 5.41) is 0.701. The van der Waals surface area contributed by atoms with Gasteiger partial charge in [-0.25, -0.2) is 0 Å². The zero-order valence-corrected chi connectivity index (χ0v) is 18.0. The van der Waals surface area contributed by atoms with Crippen LogP contribution in [-0.2, 0) is 0 Å². The van der Waals surface area contributed by atoms with Crippen LogP contribution in [0.1, 0.15) is 11.1 Å². The molecular formula is C26H20ClO2P. The van der Waals surface area contributed by atoms with Gasteiger partial charge in [-0.3, -0.25) is 0 Å². The quantitative estimate of drug-likeness (QED) is 0.276. The summed E-state index contributed by atoms with van der Waals surface area (Å²) >= 11 is 6.75. The maximum atomic E-state index is 6.75. The van der Waals surface area contributed by atoms with Gasteiger partial charge in [0, 0.05) is 11.1 Å². The number of rotatable bonds is 7. The Kier molecular flexibility index (Phi) is 6.49. The highest BCUT2D eigenvalue weighted by Gasteiger charge is 2.12. The molecule has 4 heteroatoms. The van der Waals surface area contributed by atoms with Gasteiger partial charge in [0.1, 0.15) is 11.5 Å². The Morgan fingerprint density at radius 2 is 1.27 bits per heavy atom. The third-order valence-corrected chi connectivity index (χ3v) is 5.72. The molecule has 0 spiro atoms. The smallest absolute Gasteiger partial charge is 0.275 e.